The van der Waals surface area contributed by atoms with Crippen LogP contribution in [0.3, 0.4) is 0 Å². The number of anilines is 1. The van der Waals surface area contributed by atoms with Crippen molar-refractivity contribution in [3.63, 3.8) is 0 Å². The highest BCUT2D eigenvalue weighted by Gasteiger charge is 2.21. The molecular weight excluding hydrogens is 344 g/mol. The number of carbonyl (C=O) groups excluding carboxylic acids is 2. The number of amides is 2. The molecule has 27 heavy (non-hydrogen) atoms. The van der Waals surface area contributed by atoms with E-state index in [4.69, 9.17) is 9.47 Å². The molecule has 2 aromatic rings. The van der Waals surface area contributed by atoms with E-state index in [9.17, 15) is 9.59 Å². The van der Waals surface area contributed by atoms with E-state index in [2.05, 4.69) is 5.32 Å². The number of para-hydroxylation sites is 1. The predicted octanol–water partition coefficient (Wildman–Crippen LogP) is 3.18. The molecule has 6 heteroatoms. The van der Waals surface area contributed by atoms with Gasteiger partial charge in [-0.05, 0) is 56.2 Å². The molecule has 0 aromatic heterocycles. The minimum Gasteiger partial charge on any atom is -0.497 e. The Balaban J connectivity index is 1.92. The van der Waals surface area contributed by atoms with Crippen LogP contribution >= 0.6 is 0 Å². The number of hydrogen-bond acceptors (Lipinski definition) is 4. The van der Waals surface area contributed by atoms with Gasteiger partial charge < -0.3 is 19.7 Å². The fourth-order valence-corrected chi connectivity index (χ4v) is 2.70. The Hall–Kier alpha value is -3.02. The third kappa shape index (κ3) is 5.48. The number of methoxy groups -OCH3 is 1. The lowest BCUT2D eigenvalue weighted by atomic mass is 10.1. The van der Waals surface area contributed by atoms with Gasteiger partial charge in [0.15, 0.2) is 6.10 Å². The molecule has 0 fully saturated rings. The zero-order valence-corrected chi connectivity index (χ0v) is 16.4. The van der Waals surface area contributed by atoms with Gasteiger partial charge in [0, 0.05) is 12.7 Å². The topological polar surface area (TPSA) is 67.9 Å². The van der Waals surface area contributed by atoms with Crippen LogP contribution in [0.2, 0.25) is 0 Å². The molecule has 1 unspecified atom stereocenters. The lowest BCUT2D eigenvalue weighted by molar-refractivity contribution is -0.139. The van der Waals surface area contributed by atoms with Crippen LogP contribution in [-0.2, 0) is 9.59 Å². The van der Waals surface area contributed by atoms with E-state index in [0.29, 0.717) is 11.5 Å². The average molecular weight is 370 g/mol. The molecular formula is C21H26N2O4. The molecule has 2 aromatic carbocycles. The Kier molecular flexibility index (Phi) is 6.82. The minimum absolute atomic E-state index is 0.0527. The SMILES string of the molecule is COc1ccc(OC(C)C(=O)N(C)CC(=O)Nc2c(C)cccc2C)cc1. The van der Waals surface area contributed by atoms with Gasteiger partial charge in [-0.25, -0.2) is 0 Å². The van der Waals surface area contributed by atoms with E-state index in [1.165, 1.54) is 4.90 Å². The minimum atomic E-state index is -0.712. The van der Waals surface area contributed by atoms with E-state index in [-0.39, 0.29) is 18.4 Å². The van der Waals surface area contributed by atoms with Gasteiger partial charge in [0.2, 0.25) is 5.91 Å². The molecule has 0 radical (unpaired) electrons. The maximum Gasteiger partial charge on any atom is 0.263 e. The largest absolute Gasteiger partial charge is 0.497 e. The number of ether oxygens (including phenoxy) is 2. The Morgan fingerprint density at radius 3 is 2.15 bits per heavy atom. The molecule has 2 rings (SSSR count). The first-order valence-corrected chi connectivity index (χ1v) is 8.73. The maximum atomic E-state index is 12.5. The van der Waals surface area contributed by atoms with Gasteiger partial charge in [0.25, 0.3) is 5.91 Å². The zero-order valence-electron chi connectivity index (χ0n) is 16.4. The van der Waals surface area contributed by atoms with Crippen LogP contribution in [-0.4, -0.2) is 43.5 Å². The van der Waals surface area contributed by atoms with E-state index in [1.807, 2.05) is 32.0 Å². The average Bonchev–Trinajstić information content (AvgIpc) is 2.64. The summed E-state index contributed by atoms with van der Waals surface area (Å²) in [6.45, 7) is 5.47. The first-order chi connectivity index (χ1) is 12.8. The van der Waals surface area contributed by atoms with Crippen LogP contribution in [0.25, 0.3) is 0 Å². The summed E-state index contributed by atoms with van der Waals surface area (Å²) in [5.74, 6) is 0.744. The summed E-state index contributed by atoms with van der Waals surface area (Å²) < 4.78 is 10.8. The van der Waals surface area contributed by atoms with E-state index in [1.54, 1.807) is 45.3 Å². The number of hydrogen-bond donors (Lipinski definition) is 1. The Morgan fingerprint density at radius 1 is 1.04 bits per heavy atom. The summed E-state index contributed by atoms with van der Waals surface area (Å²) in [6, 6.07) is 12.8. The molecule has 0 aliphatic rings. The lowest BCUT2D eigenvalue weighted by Crippen LogP contribution is -2.42. The highest BCUT2D eigenvalue weighted by Crippen LogP contribution is 2.20. The summed E-state index contributed by atoms with van der Waals surface area (Å²) in [5, 5.41) is 2.88. The van der Waals surface area contributed by atoms with Crippen molar-refractivity contribution in [1.29, 1.82) is 0 Å². The summed E-state index contributed by atoms with van der Waals surface area (Å²) in [5.41, 5.74) is 2.74. The van der Waals surface area contributed by atoms with Crippen molar-refractivity contribution in [2.45, 2.75) is 26.9 Å². The second-order valence-corrected chi connectivity index (χ2v) is 6.44. The number of likely N-dealkylation sites (N-methyl/N-ethyl adjacent to an activating group) is 1. The predicted molar refractivity (Wildman–Crippen MR) is 105 cm³/mol. The standard InChI is InChI=1S/C21H26N2O4/c1-14-7-6-8-15(2)20(14)22-19(24)13-23(4)21(25)16(3)27-18-11-9-17(26-5)10-12-18/h6-12,16H,13H2,1-5H3,(H,22,24). The van der Waals surface area contributed by atoms with E-state index < -0.39 is 6.10 Å². The summed E-state index contributed by atoms with van der Waals surface area (Å²) in [4.78, 5) is 26.2. The summed E-state index contributed by atoms with van der Waals surface area (Å²) >= 11 is 0. The summed E-state index contributed by atoms with van der Waals surface area (Å²) in [7, 11) is 3.17. The van der Waals surface area contributed by atoms with Crippen LogP contribution in [0, 0.1) is 13.8 Å². The molecule has 1 N–H and O–H groups in total. The molecule has 0 aliphatic heterocycles. The molecule has 144 valence electrons. The molecule has 6 nitrogen and oxygen atoms in total. The van der Waals surface area contributed by atoms with Crippen molar-refractivity contribution < 1.29 is 19.1 Å². The van der Waals surface area contributed by atoms with Gasteiger partial charge in [-0.1, -0.05) is 18.2 Å². The van der Waals surface area contributed by atoms with Crippen LogP contribution in [0.1, 0.15) is 18.1 Å². The van der Waals surface area contributed by atoms with Crippen molar-refractivity contribution in [3.05, 3.63) is 53.6 Å². The first-order valence-electron chi connectivity index (χ1n) is 8.73. The number of rotatable bonds is 7. The second-order valence-electron chi connectivity index (χ2n) is 6.44. The van der Waals surface area contributed by atoms with Crippen LogP contribution < -0.4 is 14.8 Å². The number of aryl methyl sites for hydroxylation is 2. The smallest absolute Gasteiger partial charge is 0.263 e. The van der Waals surface area contributed by atoms with Gasteiger partial charge in [-0.15, -0.1) is 0 Å². The van der Waals surface area contributed by atoms with Crippen LogP contribution in [0.5, 0.6) is 11.5 Å². The number of carbonyl (C=O) groups is 2. The lowest BCUT2D eigenvalue weighted by Gasteiger charge is -2.22. The second kappa shape index (κ2) is 9.07. The van der Waals surface area contributed by atoms with Gasteiger partial charge in [-0.2, -0.15) is 0 Å². The third-order valence-electron chi connectivity index (χ3n) is 4.22. The highest BCUT2D eigenvalue weighted by molar-refractivity contribution is 5.96. The Bertz CT molecular complexity index is 782. The van der Waals surface area contributed by atoms with Crippen LogP contribution in [0.4, 0.5) is 5.69 Å². The fourth-order valence-electron chi connectivity index (χ4n) is 2.70. The zero-order chi connectivity index (χ0) is 20.0. The van der Waals surface area contributed by atoms with Gasteiger partial charge in [-0.3, -0.25) is 9.59 Å². The molecule has 0 aliphatic carbocycles. The third-order valence-corrected chi connectivity index (χ3v) is 4.22. The van der Waals surface area contributed by atoms with Crippen molar-refractivity contribution in [1.82, 2.24) is 4.90 Å². The van der Waals surface area contributed by atoms with Crippen molar-refractivity contribution >= 4 is 17.5 Å². The molecule has 2 amide bonds. The van der Waals surface area contributed by atoms with Gasteiger partial charge in [0.1, 0.15) is 11.5 Å². The maximum absolute atomic E-state index is 12.5. The van der Waals surface area contributed by atoms with E-state index >= 15 is 0 Å². The molecule has 0 bridgehead atoms. The van der Waals surface area contributed by atoms with Gasteiger partial charge >= 0.3 is 0 Å². The number of benzene rings is 2. The first kappa shape index (κ1) is 20.3. The normalized spacial score (nSPS) is 11.4. The fraction of sp³-hybridized carbons (Fsp3) is 0.333. The number of nitrogens with one attached hydrogen (secondary N) is 1. The monoisotopic (exact) mass is 370 g/mol. The molecule has 0 saturated carbocycles. The molecule has 0 saturated heterocycles. The molecule has 0 spiro atoms. The van der Waals surface area contributed by atoms with Crippen molar-refractivity contribution in [2.75, 3.05) is 26.0 Å². The van der Waals surface area contributed by atoms with E-state index in [0.717, 1.165) is 16.8 Å². The van der Waals surface area contributed by atoms with Crippen molar-refractivity contribution in [3.8, 4) is 11.5 Å². The van der Waals surface area contributed by atoms with Crippen LogP contribution in [0.15, 0.2) is 42.5 Å². The number of nitrogens with zero attached hydrogens (tertiary/aromatic N) is 1. The Morgan fingerprint density at radius 2 is 1.59 bits per heavy atom. The Labute approximate surface area is 160 Å². The highest BCUT2D eigenvalue weighted by atomic mass is 16.5. The molecule has 0 heterocycles. The molecule has 1 atom stereocenters. The van der Waals surface area contributed by atoms with Crippen molar-refractivity contribution in [2.24, 2.45) is 0 Å². The summed E-state index contributed by atoms with van der Waals surface area (Å²) in [6.07, 6.45) is -0.712. The van der Waals surface area contributed by atoms with Gasteiger partial charge in [0.05, 0.1) is 13.7 Å². The quantitative estimate of drug-likeness (QED) is 0.813.